The van der Waals surface area contributed by atoms with Crippen molar-refractivity contribution >= 4 is 0 Å². The van der Waals surface area contributed by atoms with Crippen LogP contribution in [0.4, 0.5) is 4.48 Å². The molecule has 0 radical (unpaired) electrons. The van der Waals surface area contributed by atoms with Gasteiger partial charge in [-0.25, -0.2) is 0 Å². The van der Waals surface area contributed by atoms with E-state index in [0.717, 1.165) is 29.8 Å². The Balaban J connectivity index is 1.54. The van der Waals surface area contributed by atoms with Gasteiger partial charge in [0.1, 0.15) is 0 Å². The fourth-order valence-electron chi connectivity index (χ4n) is 3.24. The van der Waals surface area contributed by atoms with Gasteiger partial charge in [0.15, 0.2) is 0 Å². The summed E-state index contributed by atoms with van der Waals surface area (Å²) in [5.74, 6) is 1.76. The highest BCUT2D eigenvalue weighted by Gasteiger charge is 2.20. The Morgan fingerprint density at radius 3 is 1.88 bits per heavy atom. The van der Waals surface area contributed by atoms with Crippen LogP contribution in [0.2, 0.25) is 0 Å². The summed E-state index contributed by atoms with van der Waals surface area (Å²) < 4.78 is 12.8. The van der Waals surface area contributed by atoms with Gasteiger partial charge in [0, 0.05) is 13.1 Å². The third kappa shape index (κ3) is 4.55. The Morgan fingerprint density at radius 1 is 0.882 bits per heavy atom. The van der Waals surface area contributed by atoms with Crippen LogP contribution >= 0.6 is 0 Å². The first kappa shape index (κ1) is 13.3. The normalized spacial score (nSPS) is 26.5. The quantitative estimate of drug-likeness (QED) is 0.699. The molecule has 2 fully saturated rings. The second-order valence-electron chi connectivity index (χ2n) is 6.03. The van der Waals surface area contributed by atoms with Crippen molar-refractivity contribution in [3.63, 3.8) is 0 Å². The number of rotatable bonds is 4. The minimum atomic E-state index is 0.666. The predicted molar refractivity (Wildman–Crippen MR) is 69.5 cm³/mol. The van der Waals surface area contributed by atoms with Crippen molar-refractivity contribution in [2.45, 2.75) is 44.9 Å². The van der Waals surface area contributed by atoms with Crippen molar-refractivity contribution in [3.8, 4) is 0 Å². The lowest BCUT2D eigenvalue weighted by Gasteiger charge is -2.30. The molecule has 2 aliphatic heterocycles. The number of halogens is 1. The Labute approximate surface area is 105 Å². The molecule has 0 aliphatic carbocycles. The van der Waals surface area contributed by atoms with Gasteiger partial charge < -0.3 is 4.90 Å². The first-order valence-corrected chi connectivity index (χ1v) is 7.33. The summed E-state index contributed by atoms with van der Waals surface area (Å²) in [4.78, 5) is 2.44. The van der Waals surface area contributed by atoms with Gasteiger partial charge in [0.25, 0.3) is 0 Å². The molecule has 2 heterocycles. The summed E-state index contributed by atoms with van der Waals surface area (Å²) >= 11 is 0. The van der Waals surface area contributed by atoms with Crippen LogP contribution in [-0.4, -0.2) is 43.2 Å². The van der Waals surface area contributed by atoms with Gasteiger partial charge in [-0.1, -0.05) is 19.3 Å². The smallest absolute Gasteiger partial charge is 0.0293 e. The molecule has 100 valence electrons. The Hall–Kier alpha value is -0.150. The number of hydrogen-bond acceptors (Lipinski definition) is 2. The molecule has 0 amide bonds. The van der Waals surface area contributed by atoms with Crippen LogP contribution in [0.1, 0.15) is 44.9 Å². The van der Waals surface area contributed by atoms with Crippen molar-refractivity contribution in [2.75, 3.05) is 33.2 Å². The molecule has 0 N–H and O–H groups in total. The van der Waals surface area contributed by atoms with Gasteiger partial charge in [0.05, 0.1) is 0 Å². The number of hydrogen-bond donors (Lipinski definition) is 0. The fraction of sp³-hybridized carbons (Fsp3) is 1.00. The highest BCUT2D eigenvalue weighted by atomic mass is 19.2. The largest absolute Gasteiger partial charge is 0.306 e. The van der Waals surface area contributed by atoms with E-state index in [1.165, 1.54) is 45.2 Å². The van der Waals surface area contributed by atoms with Crippen molar-refractivity contribution in [1.29, 1.82) is 0 Å². The van der Waals surface area contributed by atoms with Crippen LogP contribution in [-0.2, 0) is 0 Å². The molecule has 0 saturated carbocycles. The Bertz CT molecular complexity index is 184. The van der Waals surface area contributed by atoms with Crippen LogP contribution in [0.15, 0.2) is 0 Å². The summed E-state index contributed by atoms with van der Waals surface area (Å²) in [5.41, 5.74) is 0. The van der Waals surface area contributed by atoms with Crippen molar-refractivity contribution in [1.82, 2.24) is 10.0 Å². The number of likely N-dealkylation sites (tertiary alicyclic amines) is 1. The predicted octanol–water partition coefficient (Wildman–Crippen LogP) is 3.10. The lowest BCUT2D eigenvalue weighted by Crippen LogP contribution is -2.30. The standard InChI is InChI=1S/C14H27FN2/c1-16-9-5-13(6-10-16)3-2-4-14-7-11-17(15)12-8-14/h13-14H,2-12H2,1H3. The van der Waals surface area contributed by atoms with E-state index in [0.29, 0.717) is 13.1 Å². The molecule has 2 rings (SSSR count). The molecule has 3 heteroatoms. The van der Waals surface area contributed by atoms with Gasteiger partial charge in [-0.2, -0.15) is 0 Å². The maximum absolute atomic E-state index is 12.8. The van der Waals surface area contributed by atoms with E-state index in [1.54, 1.807) is 0 Å². The molecule has 0 aromatic rings. The summed E-state index contributed by atoms with van der Waals surface area (Å²) in [7, 11) is 2.22. The van der Waals surface area contributed by atoms with Gasteiger partial charge >= 0.3 is 0 Å². The number of piperidine rings is 2. The first-order chi connectivity index (χ1) is 8.24. The molecule has 0 spiro atoms. The molecule has 0 aromatic carbocycles. The van der Waals surface area contributed by atoms with Crippen molar-refractivity contribution in [2.24, 2.45) is 11.8 Å². The van der Waals surface area contributed by atoms with Gasteiger partial charge in [-0.3, -0.25) is 0 Å². The van der Waals surface area contributed by atoms with E-state index >= 15 is 0 Å². The lowest BCUT2D eigenvalue weighted by molar-refractivity contribution is -0.0102. The van der Waals surface area contributed by atoms with Crippen LogP contribution in [0.25, 0.3) is 0 Å². The van der Waals surface area contributed by atoms with Crippen LogP contribution in [0.5, 0.6) is 0 Å². The van der Waals surface area contributed by atoms with Crippen molar-refractivity contribution < 1.29 is 4.48 Å². The molecular weight excluding hydrogens is 215 g/mol. The third-order valence-corrected chi connectivity index (χ3v) is 4.62. The topological polar surface area (TPSA) is 6.48 Å². The molecule has 0 bridgehead atoms. The average Bonchev–Trinajstić information content (AvgIpc) is 2.34. The first-order valence-electron chi connectivity index (χ1n) is 7.33. The second kappa shape index (κ2) is 6.69. The summed E-state index contributed by atoms with van der Waals surface area (Å²) in [5, 5.41) is 0.980. The molecule has 0 aromatic heterocycles. The Kier molecular flexibility index (Phi) is 5.23. The van der Waals surface area contributed by atoms with Gasteiger partial charge in [-0.15, -0.1) is 9.60 Å². The van der Waals surface area contributed by atoms with Gasteiger partial charge in [-0.05, 0) is 57.7 Å². The molecule has 2 saturated heterocycles. The minimum Gasteiger partial charge on any atom is -0.306 e. The SMILES string of the molecule is CN1CCC(CCCC2CCN(F)CC2)CC1. The van der Waals surface area contributed by atoms with Crippen molar-refractivity contribution in [3.05, 3.63) is 0 Å². The summed E-state index contributed by atoms with van der Waals surface area (Å²) in [6.07, 6.45) is 9.03. The zero-order chi connectivity index (χ0) is 12.1. The minimum absolute atomic E-state index is 0.666. The zero-order valence-electron chi connectivity index (χ0n) is 11.2. The molecule has 0 unspecified atom stereocenters. The maximum atomic E-state index is 12.8. The molecule has 0 atom stereocenters. The van der Waals surface area contributed by atoms with Crippen LogP contribution in [0.3, 0.4) is 0 Å². The van der Waals surface area contributed by atoms with E-state index in [4.69, 9.17) is 0 Å². The van der Waals surface area contributed by atoms with Crippen LogP contribution in [0, 0.1) is 11.8 Å². The fourth-order valence-corrected chi connectivity index (χ4v) is 3.24. The third-order valence-electron chi connectivity index (χ3n) is 4.62. The highest BCUT2D eigenvalue weighted by molar-refractivity contribution is 4.72. The average molecular weight is 242 g/mol. The molecule has 17 heavy (non-hydrogen) atoms. The van der Waals surface area contributed by atoms with Crippen LogP contribution < -0.4 is 0 Å². The van der Waals surface area contributed by atoms with E-state index < -0.39 is 0 Å². The molecule has 2 aliphatic rings. The van der Waals surface area contributed by atoms with E-state index in [9.17, 15) is 4.48 Å². The monoisotopic (exact) mass is 242 g/mol. The molecule has 2 nitrogen and oxygen atoms in total. The second-order valence-corrected chi connectivity index (χ2v) is 6.03. The Morgan fingerprint density at radius 2 is 1.35 bits per heavy atom. The van der Waals surface area contributed by atoms with Gasteiger partial charge in [0.2, 0.25) is 0 Å². The maximum Gasteiger partial charge on any atom is 0.0293 e. The zero-order valence-corrected chi connectivity index (χ0v) is 11.2. The summed E-state index contributed by atoms with van der Waals surface area (Å²) in [6.45, 7) is 3.90. The number of nitrogens with zero attached hydrogens (tertiary/aromatic N) is 2. The molecular formula is C14H27FN2. The van der Waals surface area contributed by atoms with E-state index in [1.807, 2.05) is 0 Å². The van der Waals surface area contributed by atoms with E-state index in [2.05, 4.69) is 11.9 Å². The van der Waals surface area contributed by atoms with E-state index in [-0.39, 0.29) is 0 Å². The summed E-state index contributed by atoms with van der Waals surface area (Å²) in [6, 6.07) is 0. The highest BCUT2D eigenvalue weighted by Crippen LogP contribution is 2.26. The lowest BCUT2D eigenvalue weighted by atomic mass is 9.87.